The first-order valence-electron chi connectivity index (χ1n) is 11.5. The van der Waals surface area contributed by atoms with E-state index in [9.17, 15) is 0 Å². The third kappa shape index (κ3) is 4.05. The summed E-state index contributed by atoms with van der Waals surface area (Å²) in [6, 6.07) is 9.04. The lowest BCUT2D eigenvalue weighted by Crippen LogP contribution is -2.23. The number of hydrogen-bond donors (Lipinski definition) is 3. The third-order valence-electron chi connectivity index (χ3n) is 6.40. The molecule has 10 heteroatoms. The molecular weight excluding hydrogens is 437 g/mol. The Hall–Kier alpha value is -3.66. The van der Waals surface area contributed by atoms with Gasteiger partial charge in [-0.3, -0.25) is 5.10 Å². The van der Waals surface area contributed by atoms with Crippen molar-refractivity contribution in [2.24, 2.45) is 0 Å². The molecule has 2 fully saturated rings. The fourth-order valence-corrected chi connectivity index (χ4v) is 4.41. The first kappa shape index (κ1) is 20.9. The molecular formula is C24H26FN7O2. The summed E-state index contributed by atoms with van der Waals surface area (Å²) in [7, 11) is 1.71. The molecule has 0 amide bonds. The fourth-order valence-electron chi connectivity index (χ4n) is 4.41. The van der Waals surface area contributed by atoms with E-state index in [2.05, 4.69) is 35.4 Å². The summed E-state index contributed by atoms with van der Waals surface area (Å²) in [6.45, 7) is 3.40. The Kier molecular flexibility index (Phi) is 5.09. The number of aromatic amines is 2. The Morgan fingerprint density at radius 1 is 1.12 bits per heavy atom. The maximum atomic E-state index is 15.1. The minimum atomic E-state index is -0.452. The molecule has 34 heavy (non-hydrogen) atoms. The molecule has 0 spiro atoms. The first-order chi connectivity index (χ1) is 16.6. The van der Waals surface area contributed by atoms with Gasteiger partial charge in [0.2, 0.25) is 0 Å². The lowest BCUT2D eigenvalue weighted by atomic mass is 10.2. The molecule has 3 aromatic heterocycles. The molecule has 4 heterocycles. The maximum absolute atomic E-state index is 15.1. The van der Waals surface area contributed by atoms with Crippen LogP contribution in [-0.4, -0.2) is 51.5 Å². The van der Waals surface area contributed by atoms with Gasteiger partial charge in [-0.05, 0) is 44.4 Å². The van der Waals surface area contributed by atoms with Gasteiger partial charge in [0.25, 0.3) is 0 Å². The van der Waals surface area contributed by atoms with E-state index in [4.69, 9.17) is 9.47 Å². The summed E-state index contributed by atoms with van der Waals surface area (Å²) in [5.74, 6) is 2.06. The number of fused-ring (bicyclic) bond motifs is 1. The number of H-pyrrole nitrogens is 2. The summed E-state index contributed by atoms with van der Waals surface area (Å²) in [6.07, 6.45) is 3.41. The predicted molar refractivity (Wildman–Crippen MR) is 127 cm³/mol. The van der Waals surface area contributed by atoms with Gasteiger partial charge in [0.1, 0.15) is 11.6 Å². The molecule has 9 nitrogen and oxygen atoms in total. The largest absolute Gasteiger partial charge is 0.421 e. The Bertz CT molecular complexity index is 1350. The molecule has 4 aromatic rings. The Labute approximate surface area is 195 Å². The number of aromatic nitrogens is 5. The van der Waals surface area contributed by atoms with Crippen LogP contribution in [0.5, 0.6) is 11.8 Å². The van der Waals surface area contributed by atoms with Gasteiger partial charge in [0.15, 0.2) is 17.4 Å². The summed E-state index contributed by atoms with van der Waals surface area (Å²) in [5, 5.41) is 11.1. The highest BCUT2D eigenvalue weighted by Gasteiger charge is 2.27. The minimum absolute atomic E-state index is 0.0596. The number of aryl methyl sites for hydroxylation is 1. The molecule has 1 saturated heterocycles. The van der Waals surface area contributed by atoms with Gasteiger partial charge in [-0.1, -0.05) is 0 Å². The van der Waals surface area contributed by atoms with E-state index in [0.717, 1.165) is 24.4 Å². The van der Waals surface area contributed by atoms with Crippen molar-refractivity contribution in [3.05, 3.63) is 47.5 Å². The number of methoxy groups -OCH3 is 1. The van der Waals surface area contributed by atoms with E-state index in [1.165, 1.54) is 12.8 Å². The minimum Gasteiger partial charge on any atom is -0.421 e. The highest BCUT2D eigenvalue weighted by Crippen LogP contribution is 2.40. The first-order valence-corrected chi connectivity index (χ1v) is 11.5. The van der Waals surface area contributed by atoms with Gasteiger partial charge in [0, 0.05) is 60.5 Å². The normalized spacial score (nSPS) is 18.1. The van der Waals surface area contributed by atoms with E-state index < -0.39 is 5.82 Å². The second-order valence-corrected chi connectivity index (χ2v) is 8.99. The van der Waals surface area contributed by atoms with Crippen molar-refractivity contribution in [3.63, 3.8) is 0 Å². The van der Waals surface area contributed by atoms with E-state index in [0.29, 0.717) is 40.8 Å². The van der Waals surface area contributed by atoms with Crippen molar-refractivity contribution in [2.75, 3.05) is 30.4 Å². The van der Waals surface area contributed by atoms with Crippen LogP contribution in [-0.2, 0) is 4.74 Å². The highest BCUT2D eigenvalue weighted by atomic mass is 19.1. The molecule has 1 saturated carbocycles. The van der Waals surface area contributed by atoms with Crippen LogP contribution in [0.25, 0.3) is 10.9 Å². The number of nitrogens with zero attached hydrogens (tertiary/aromatic N) is 4. The third-order valence-corrected chi connectivity index (χ3v) is 6.40. The second kappa shape index (κ2) is 8.28. The molecule has 176 valence electrons. The van der Waals surface area contributed by atoms with E-state index in [1.54, 1.807) is 25.3 Å². The van der Waals surface area contributed by atoms with Crippen LogP contribution >= 0.6 is 0 Å². The zero-order valence-corrected chi connectivity index (χ0v) is 19.1. The van der Waals surface area contributed by atoms with Gasteiger partial charge in [-0.15, -0.1) is 0 Å². The SMILES string of the molecule is COC1CCN(c2cc(Nc3cc(C4CC4)[nH]n3)nc(Oc3ccc4[nH]c(C)cc4c3F)n2)C1. The molecule has 0 bridgehead atoms. The Morgan fingerprint density at radius 2 is 2.00 bits per heavy atom. The standard InChI is InChI=1S/C24H26FN7O2/c1-13-9-16-17(26-13)5-6-19(23(16)25)34-24-28-20(27-21-10-18(30-31-21)14-3-4-14)11-22(29-24)32-8-7-15(12-32)33-2/h5-6,9-11,14-15,26H,3-4,7-8,12H2,1-2H3,(H2,27,28,29,30,31). The number of benzene rings is 1. The number of halogens is 1. The average molecular weight is 464 g/mol. The molecule has 1 aliphatic heterocycles. The quantitative estimate of drug-likeness (QED) is 0.363. The number of nitrogens with one attached hydrogen (secondary N) is 3. The van der Waals surface area contributed by atoms with Crippen molar-refractivity contribution in [1.29, 1.82) is 0 Å². The lowest BCUT2D eigenvalue weighted by molar-refractivity contribution is 0.121. The smallest absolute Gasteiger partial charge is 0.326 e. The van der Waals surface area contributed by atoms with Crippen LogP contribution in [0.1, 0.15) is 36.6 Å². The van der Waals surface area contributed by atoms with E-state index in [1.807, 2.05) is 19.1 Å². The molecule has 3 N–H and O–H groups in total. The predicted octanol–water partition coefficient (Wildman–Crippen LogP) is 4.77. The van der Waals surface area contributed by atoms with Crippen molar-refractivity contribution >= 4 is 28.4 Å². The van der Waals surface area contributed by atoms with Crippen LogP contribution in [0.15, 0.2) is 30.3 Å². The molecule has 1 aliphatic carbocycles. The van der Waals surface area contributed by atoms with Crippen molar-refractivity contribution in [1.82, 2.24) is 25.1 Å². The molecule has 0 radical (unpaired) electrons. The molecule has 1 aromatic carbocycles. The van der Waals surface area contributed by atoms with E-state index >= 15 is 4.39 Å². The number of hydrogen-bond acceptors (Lipinski definition) is 7. The zero-order valence-electron chi connectivity index (χ0n) is 19.1. The van der Waals surface area contributed by atoms with Gasteiger partial charge >= 0.3 is 6.01 Å². The summed E-state index contributed by atoms with van der Waals surface area (Å²) in [4.78, 5) is 14.3. The topological polar surface area (TPSA) is 104 Å². The van der Waals surface area contributed by atoms with Crippen LogP contribution in [0.3, 0.4) is 0 Å². The average Bonchev–Trinajstić information content (AvgIpc) is 3.20. The highest BCUT2D eigenvalue weighted by molar-refractivity contribution is 5.82. The monoisotopic (exact) mass is 463 g/mol. The molecule has 1 unspecified atom stereocenters. The molecule has 1 atom stereocenters. The maximum Gasteiger partial charge on any atom is 0.326 e. The molecule has 2 aliphatic rings. The summed E-state index contributed by atoms with van der Waals surface area (Å²) >= 11 is 0. The van der Waals surface area contributed by atoms with Gasteiger partial charge in [0.05, 0.1) is 6.10 Å². The summed E-state index contributed by atoms with van der Waals surface area (Å²) < 4.78 is 26.5. The Morgan fingerprint density at radius 3 is 2.79 bits per heavy atom. The van der Waals surface area contributed by atoms with Gasteiger partial charge in [-0.25, -0.2) is 4.39 Å². The Balaban J connectivity index is 1.32. The lowest BCUT2D eigenvalue weighted by Gasteiger charge is -2.19. The second-order valence-electron chi connectivity index (χ2n) is 8.99. The van der Waals surface area contributed by atoms with Gasteiger partial charge < -0.3 is 24.7 Å². The number of ether oxygens (including phenoxy) is 2. The number of anilines is 3. The molecule has 6 rings (SSSR count). The van der Waals surface area contributed by atoms with Crippen LogP contribution in [0.4, 0.5) is 21.8 Å². The van der Waals surface area contributed by atoms with Crippen LogP contribution < -0.4 is 15.0 Å². The van der Waals surface area contributed by atoms with Crippen molar-refractivity contribution < 1.29 is 13.9 Å². The van der Waals surface area contributed by atoms with Crippen LogP contribution in [0, 0.1) is 12.7 Å². The van der Waals surface area contributed by atoms with Gasteiger partial charge in [-0.2, -0.15) is 15.1 Å². The van der Waals surface area contributed by atoms with Crippen molar-refractivity contribution in [2.45, 2.75) is 38.2 Å². The van der Waals surface area contributed by atoms with Crippen molar-refractivity contribution in [3.8, 4) is 11.8 Å². The number of rotatable bonds is 7. The fraction of sp³-hybridized carbons (Fsp3) is 0.375. The summed E-state index contributed by atoms with van der Waals surface area (Å²) in [5.41, 5.74) is 2.71. The zero-order chi connectivity index (χ0) is 23.2. The van der Waals surface area contributed by atoms with Crippen LogP contribution in [0.2, 0.25) is 0 Å². The van der Waals surface area contributed by atoms with E-state index in [-0.39, 0.29) is 17.9 Å².